The number of methoxy groups -OCH3 is 1. The third-order valence-corrected chi connectivity index (χ3v) is 3.75. The van der Waals surface area contributed by atoms with Crippen molar-refractivity contribution >= 4 is 11.9 Å². The summed E-state index contributed by atoms with van der Waals surface area (Å²) in [6.07, 6.45) is 1.86. The second kappa shape index (κ2) is 9.84. The Morgan fingerprint density at radius 2 is 1.91 bits per heavy atom. The Kier molecular flexibility index (Phi) is 8.11. The van der Waals surface area contributed by atoms with Crippen molar-refractivity contribution in [1.29, 1.82) is 0 Å². The largest absolute Gasteiger partial charge is 0.497 e. The number of nitrogens with zero attached hydrogens (tertiary/aromatic N) is 1. The van der Waals surface area contributed by atoms with Crippen molar-refractivity contribution in [3.8, 4) is 5.75 Å². The molecular weight excluding hydrogens is 294 g/mol. The summed E-state index contributed by atoms with van der Waals surface area (Å²) >= 11 is 0. The highest BCUT2D eigenvalue weighted by Gasteiger charge is 2.19. The van der Waals surface area contributed by atoms with Gasteiger partial charge in [0.2, 0.25) is 5.91 Å². The van der Waals surface area contributed by atoms with Crippen LogP contribution >= 0.6 is 0 Å². The van der Waals surface area contributed by atoms with Crippen molar-refractivity contribution in [1.82, 2.24) is 15.5 Å². The lowest BCUT2D eigenvalue weighted by atomic mass is 10.1. The zero-order valence-corrected chi connectivity index (χ0v) is 14.4. The van der Waals surface area contributed by atoms with E-state index >= 15 is 0 Å². The highest BCUT2D eigenvalue weighted by Crippen LogP contribution is 2.12. The number of hydrogen-bond acceptors (Lipinski definition) is 4. The van der Waals surface area contributed by atoms with Crippen molar-refractivity contribution in [2.45, 2.75) is 32.7 Å². The lowest BCUT2D eigenvalue weighted by molar-refractivity contribution is -0.124. The van der Waals surface area contributed by atoms with Crippen molar-refractivity contribution in [3.05, 3.63) is 29.8 Å². The molecule has 0 fully saturated rings. The average molecular weight is 321 g/mol. The summed E-state index contributed by atoms with van der Waals surface area (Å²) in [7, 11) is 3.53. The Balaban J connectivity index is 2.35. The summed E-state index contributed by atoms with van der Waals surface area (Å²) in [5, 5.41) is 4.88. The van der Waals surface area contributed by atoms with E-state index in [1.165, 1.54) is 5.56 Å². The fourth-order valence-electron chi connectivity index (χ4n) is 2.14. The van der Waals surface area contributed by atoms with Gasteiger partial charge in [-0.1, -0.05) is 12.1 Å². The van der Waals surface area contributed by atoms with Gasteiger partial charge in [-0.25, -0.2) is 4.79 Å². The smallest absolute Gasteiger partial charge is 0.321 e. The molecule has 1 aromatic rings. The molecule has 0 aliphatic carbocycles. The number of imide groups is 1. The molecule has 128 valence electrons. The highest BCUT2D eigenvalue weighted by atomic mass is 16.5. The van der Waals surface area contributed by atoms with E-state index in [1.807, 2.05) is 36.2 Å². The van der Waals surface area contributed by atoms with E-state index in [-0.39, 0.29) is 11.9 Å². The highest BCUT2D eigenvalue weighted by molar-refractivity contribution is 5.96. The number of likely N-dealkylation sites (N-methyl/N-ethyl adjacent to an activating group) is 1. The molecule has 0 unspecified atom stereocenters. The van der Waals surface area contributed by atoms with Crippen LogP contribution in [0.1, 0.15) is 25.8 Å². The Hall–Kier alpha value is -2.08. The molecule has 6 nitrogen and oxygen atoms in total. The van der Waals surface area contributed by atoms with Gasteiger partial charge in [0, 0.05) is 6.54 Å². The summed E-state index contributed by atoms with van der Waals surface area (Å²) in [6, 6.07) is 7.18. The van der Waals surface area contributed by atoms with Gasteiger partial charge in [0.15, 0.2) is 0 Å². The molecule has 0 aliphatic rings. The van der Waals surface area contributed by atoms with E-state index in [2.05, 4.69) is 10.6 Å². The first-order valence-corrected chi connectivity index (χ1v) is 7.89. The van der Waals surface area contributed by atoms with Gasteiger partial charge in [0.05, 0.1) is 13.2 Å². The number of aryl methyl sites for hydroxylation is 1. The monoisotopic (exact) mass is 321 g/mol. The number of carbonyl (C=O) groups is 2. The quantitative estimate of drug-likeness (QED) is 0.766. The van der Waals surface area contributed by atoms with Gasteiger partial charge < -0.3 is 10.1 Å². The van der Waals surface area contributed by atoms with Crippen LogP contribution in [0.5, 0.6) is 5.75 Å². The van der Waals surface area contributed by atoms with Crippen LogP contribution < -0.4 is 15.4 Å². The average Bonchev–Trinajstić information content (AvgIpc) is 2.54. The van der Waals surface area contributed by atoms with Gasteiger partial charge in [0.1, 0.15) is 5.75 Å². The number of ether oxygens (including phenoxy) is 1. The third-order valence-electron chi connectivity index (χ3n) is 3.75. The number of carbonyl (C=O) groups excluding carboxylic acids is 2. The van der Waals surface area contributed by atoms with Crippen LogP contribution in [0.2, 0.25) is 0 Å². The van der Waals surface area contributed by atoms with E-state index < -0.39 is 6.03 Å². The summed E-state index contributed by atoms with van der Waals surface area (Å²) in [5.41, 5.74) is 1.23. The van der Waals surface area contributed by atoms with E-state index in [4.69, 9.17) is 4.74 Å². The van der Waals surface area contributed by atoms with Crippen LogP contribution in [0.25, 0.3) is 0 Å². The second-order valence-corrected chi connectivity index (χ2v) is 5.46. The number of hydrogen-bond donors (Lipinski definition) is 2. The predicted octanol–water partition coefficient (Wildman–Crippen LogP) is 1.79. The molecule has 3 amide bonds. The van der Waals surface area contributed by atoms with Crippen molar-refractivity contribution < 1.29 is 14.3 Å². The maximum Gasteiger partial charge on any atom is 0.321 e. The molecule has 0 aliphatic heterocycles. The van der Waals surface area contributed by atoms with Crippen LogP contribution in [-0.2, 0) is 11.2 Å². The van der Waals surface area contributed by atoms with Crippen molar-refractivity contribution in [2.75, 3.05) is 27.2 Å². The standard InChI is InChI=1S/C17H27N3O3/c1-5-18-17(22)19-16(21)13(2)20(3)12-6-7-14-8-10-15(23-4)11-9-14/h8-11,13H,5-7,12H2,1-4H3,(H2,18,19,21,22)/t13-/m0/s1. The molecule has 0 spiro atoms. The lowest BCUT2D eigenvalue weighted by Gasteiger charge is -2.23. The predicted molar refractivity (Wildman–Crippen MR) is 90.6 cm³/mol. The molecule has 0 saturated carbocycles. The number of rotatable bonds is 8. The summed E-state index contributed by atoms with van der Waals surface area (Å²) in [4.78, 5) is 25.2. The molecule has 1 aromatic carbocycles. The zero-order valence-electron chi connectivity index (χ0n) is 14.4. The maximum atomic E-state index is 11.9. The summed E-state index contributed by atoms with van der Waals surface area (Å²) < 4.78 is 5.13. The van der Waals surface area contributed by atoms with Crippen LogP contribution in [0.15, 0.2) is 24.3 Å². The number of nitrogens with one attached hydrogen (secondary N) is 2. The fraction of sp³-hybridized carbons (Fsp3) is 0.529. The normalized spacial score (nSPS) is 11.9. The molecular formula is C17H27N3O3. The van der Waals surface area contributed by atoms with Crippen LogP contribution in [-0.4, -0.2) is 50.1 Å². The Morgan fingerprint density at radius 1 is 1.26 bits per heavy atom. The van der Waals surface area contributed by atoms with E-state index in [0.717, 1.165) is 25.1 Å². The zero-order chi connectivity index (χ0) is 17.2. The molecule has 0 heterocycles. The van der Waals surface area contributed by atoms with E-state index in [1.54, 1.807) is 21.0 Å². The molecule has 0 aromatic heterocycles. The molecule has 2 N–H and O–H groups in total. The first-order chi connectivity index (χ1) is 11.0. The molecule has 0 bridgehead atoms. The van der Waals surface area contributed by atoms with Crippen LogP contribution in [0.4, 0.5) is 4.79 Å². The van der Waals surface area contributed by atoms with Gasteiger partial charge in [-0.3, -0.25) is 15.0 Å². The van der Waals surface area contributed by atoms with Crippen molar-refractivity contribution in [2.24, 2.45) is 0 Å². The molecule has 23 heavy (non-hydrogen) atoms. The van der Waals surface area contributed by atoms with E-state index in [0.29, 0.717) is 6.54 Å². The molecule has 1 atom stereocenters. The Morgan fingerprint density at radius 3 is 2.48 bits per heavy atom. The third kappa shape index (κ3) is 6.69. The van der Waals surface area contributed by atoms with Gasteiger partial charge >= 0.3 is 6.03 Å². The van der Waals surface area contributed by atoms with Crippen molar-refractivity contribution in [3.63, 3.8) is 0 Å². The van der Waals surface area contributed by atoms with Gasteiger partial charge in [-0.15, -0.1) is 0 Å². The van der Waals surface area contributed by atoms with Crippen LogP contribution in [0.3, 0.4) is 0 Å². The maximum absolute atomic E-state index is 11.9. The number of urea groups is 1. The van der Waals surface area contributed by atoms with Gasteiger partial charge in [-0.05, 0) is 58.0 Å². The van der Waals surface area contributed by atoms with Gasteiger partial charge in [0.25, 0.3) is 0 Å². The Labute approximate surface area is 138 Å². The Bertz CT molecular complexity index is 502. The number of amides is 3. The van der Waals surface area contributed by atoms with Crippen LogP contribution in [0, 0.1) is 0 Å². The summed E-state index contributed by atoms with van der Waals surface area (Å²) in [5.74, 6) is 0.560. The second-order valence-electron chi connectivity index (χ2n) is 5.46. The van der Waals surface area contributed by atoms with E-state index in [9.17, 15) is 9.59 Å². The fourth-order valence-corrected chi connectivity index (χ4v) is 2.14. The minimum atomic E-state index is -0.448. The molecule has 0 saturated heterocycles. The van der Waals surface area contributed by atoms with Gasteiger partial charge in [-0.2, -0.15) is 0 Å². The summed E-state index contributed by atoms with van der Waals surface area (Å²) in [6.45, 7) is 4.86. The SMILES string of the molecule is CCNC(=O)NC(=O)[C@H](C)N(C)CCCc1ccc(OC)cc1. The lowest BCUT2D eigenvalue weighted by Crippen LogP contribution is -2.48. The minimum absolute atomic E-state index is 0.289. The molecule has 6 heteroatoms. The molecule has 0 radical (unpaired) electrons. The topological polar surface area (TPSA) is 70.7 Å². The first-order valence-electron chi connectivity index (χ1n) is 7.89. The number of benzene rings is 1. The molecule has 1 rings (SSSR count). The first kappa shape index (κ1) is 19.0. The minimum Gasteiger partial charge on any atom is -0.497 e.